The highest BCUT2D eigenvalue weighted by molar-refractivity contribution is 5.76. The summed E-state index contributed by atoms with van der Waals surface area (Å²) in [6.45, 7) is 3.68. The number of rotatable bonds is 32. The Bertz CT molecular complexity index is 936. The van der Waals surface area contributed by atoms with Crippen molar-refractivity contribution in [3.8, 4) is 0 Å². The summed E-state index contributed by atoms with van der Waals surface area (Å²) in [5.74, 6) is -0.204. The van der Waals surface area contributed by atoms with Crippen LogP contribution < -0.4 is 5.32 Å². The third-order valence-corrected chi connectivity index (χ3v) is 9.35. The summed E-state index contributed by atoms with van der Waals surface area (Å²) in [6, 6.07) is -0.830. The molecule has 0 radical (unpaired) electrons. The molecule has 1 aliphatic rings. The first kappa shape index (κ1) is 47.2. The molecule has 51 heavy (non-hydrogen) atoms. The molecule has 0 spiro atoms. The first-order valence-corrected chi connectivity index (χ1v) is 20.4. The minimum absolute atomic E-state index is 0.204. The van der Waals surface area contributed by atoms with E-state index in [1.54, 1.807) is 6.08 Å². The lowest BCUT2D eigenvalue weighted by molar-refractivity contribution is -0.302. The van der Waals surface area contributed by atoms with Crippen LogP contribution in [0.1, 0.15) is 155 Å². The van der Waals surface area contributed by atoms with Crippen molar-refractivity contribution in [1.29, 1.82) is 0 Å². The predicted molar refractivity (Wildman–Crippen MR) is 207 cm³/mol. The van der Waals surface area contributed by atoms with Gasteiger partial charge in [-0.1, -0.05) is 127 Å². The maximum absolute atomic E-state index is 12.9. The van der Waals surface area contributed by atoms with Crippen molar-refractivity contribution in [2.75, 3.05) is 13.2 Å². The SMILES string of the molecule is CCCCCC/C=C\CCCCCCCC(=O)NC(COC1OC(CO)C(O)C(O)C1O)C(O)/C=C/CC/C=C/CC/C=C/CCCCCCC. The zero-order valence-corrected chi connectivity index (χ0v) is 32.1. The molecule has 9 nitrogen and oxygen atoms in total. The summed E-state index contributed by atoms with van der Waals surface area (Å²) in [5, 5.41) is 53.9. The second kappa shape index (κ2) is 32.8. The van der Waals surface area contributed by atoms with E-state index < -0.39 is 49.5 Å². The maximum Gasteiger partial charge on any atom is 0.220 e. The van der Waals surface area contributed by atoms with E-state index in [0.29, 0.717) is 6.42 Å². The molecule has 1 rings (SSSR count). The average Bonchev–Trinajstić information content (AvgIpc) is 3.13. The van der Waals surface area contributed by atoms with Gasteiger partial charge in [0, 0.05) is 6.42 Å². The highest BCUT2D eigenvalue weighted by Crippen LogP contribution is 2.22. The van der Waals surface area contributed by atoms with Gasteiger partial charge in [0.1, 0.15) is 24.4 Å². The van der Waals surface area contributed by atoms with Gasteiger partial charge in [0.15, 0.2) is 6.29 Å². The number of allylic oxidation sites excluding steroid dienone is 7. The molecule has 0 aromatic rings. The Balaban J connectivity index is 2.49. The number of ether oxygens (including phenoxy) is 2. The minimum Gasteiger partial charge on any atom is -0.394 e. The Morgan fingerprint density at radius 1 is 0.647 bits per heavy atom. The number of hydrogen-bond donors (Lipinski definition) is 6. The summed E-state index contributed by atoms with van der Waals surface area (Å²) in [7, 11) is 0. The number of nitrogens with one attached hydrogen (secondary N) is 1. The monoisotopic (exact) mass is 722 g/mol. The maximum atomic E-state index is 12.9. The minimum atomic E-state index is -1.57. The van der Waals surface area contributed by atoms with Crippen molar-refractivity contribution < 1.29 is 39.8 Å². The zero-order valence-electron chi connectivity index (χ0n) is 32.1. The normalized spacial score (nSPS) is 22.5. The fraction of sp³-hybridized carbons (Fsp3) is 0.786. The van der Waals surface area contributed by atoms with Crippen LogP contribution in [0.15, 0.2) is 48.6 Å². The average molecular weight is 722 g/mol. The molecule has 0 aliphatic carbocycles. The highest BCUT2D eigenvalue weighted by atomic mass is 16.7. The number of carbonyl (C=O) groups excluding carboxylic acids is 1. The Labute approximate surface area is 310 Å². The van der Waals surface area contributed by atoms with Crippen LogP contribution in [-0.4, -0.2) is 87.5 Å². The Morgan fingerprint density at radius 3 is 1.67 bits per heavy atom. The van der Waals surface area contributed by atoms with Crippen LogP contribution in [0.4, 0.5) is 0 Å². The van der Waals surface area contributed by atoms with Gasteiger partial charge in [-0.3, -0.25) is 4.79 Å². The number of amides is 1. The van der Waals surface area contributed by atoms with E-state index in [4.69, 9.17) is 9.47 Å². The predicted octanol–water partition coefficient (Wildman–Crippen LogP) is 7.50. The number of unbranched alkanes of at least 4 members (excludes halogenated alkanes) is 16. The Hall–Kier alpha value is -1.85. The Kier molecular flexibility index (Phi) is 30.3. The number of aliphatic hydroxyl groups excluding tert-OH is 5. The molecule has 0 saturated carbocycles. The highest BCUT2D eigenvalue weighted by Gasteiger charge is 2.44. The number of aliphatic hydroxyl groups is 5. The fourth-order valence-corrected chi connectivity index (χ4v) is 6.00. The van der Waals surface area contributed by atoms with Crippen molar-refractivity contribution in [2.45, 2.75) is 198 Å². The standard InChI is InChI=1S/C42H75NO8/c1-3-5-7-9-11-13-15-17-18-20-21-23-25-27-29-31-36(45)35(34-50-42-41(49)40(48)39(47)37(33-44)51-42)43-38(46)32-30-28-26-24-22-19-16-14-12-10-8-6-4-2/h14-17,21,23,29,31,35-37,39-42,44-45,47-49H,3-13,18-20,22,24-28,30,32-34H2,1-2H3,(H,43,46)/b16-14-,17-15+,23-21+,31-29+. The van der Waals surface area contributed by atoms with E-state index in [9.17, 15) is 30.3 Å². The van der Waals surface area contributed by atoms with Crippen LogP contribution in [0.25, 0.3) is 0 Å². The molecule has 1 aliphatic heterocycles. The fourth-order valence-electron chi connectivity index (χ4n) is 6.00. The smallest absolute Gasteiger partial charge is 0.220 e. The molecule has 1 heterocycles. The number of hydrogen-bond acceptors (Lipinski definition) is 8. The summed E-state index contributed by atoms with van der Waals surface area (Å²) < 4.78 is 11.1. The molecule has 7 atom stereocenters. The first-order chi connectivity index (χ1) is 24.8. The van der Waals surface area contributed by atoms with Gasteiger partial charge in [-0.15, -0.1) is 0 Å². The van der Waals surface area contributed by atoms with E-state index in [-0.39, 0.29) is 12.5 Å². The molecular weight excluding hydrogens is 646 g/mol. The second-order valence-electron chi connectivity index (χ2n) is 14.1. The van der Waals surface area contributed by atoms with Gasteiger partial charge in [0.2, 0.25) is 5.91 Å². The van der Waals surface area contributed by atoms with Crippen LogP contribution >= 0.6 is 0 Å². The molecule has 0 aromatic heterocycles. The van der Waals surface area contributed by atoms with Gasteiger partial charge >= 0.3 is 0 Å². The van der Waals surface area contributed by atoms with Gasteiger partial charge in [-0.25, -0.2) is 0 Å². The van der Waals surface area contributed by atoms with Crippen LogP contribution in [0, 0.1) is 0 Å². The number of carbonyl (C=O) groups is 1. The van der Waals surface area contributed by atoms with Crippen molar-refractivity contribution in [3.05, 3.63) is 48.6 Å². The molecule has 6 N–H and O–H groups in total. The van der Waals surface area contributed by atoms with Crippen LogP contribution in [0.3, 0.4) is 0 Å². The molecule has 1 saturated heterocycles. The van der Waals surface area contributed by atoms with Crippen molar-refractivity contribution in [2.24, 2.45) is 0 Å². The molecule has 1 amide bonds. The first-order valence-electron chi connectivity index (χ1n) is 20.4. The largest absolute Gasteiger partial charge is 0.394 e. The van der Waals surface area contributed by atoms with E-state index in [0.717, 1.165) is 70.6 Å². The van der Waals surface area contributed by atoms with Gasteiger partial charge < -0.3 is 40.3 Å². The lowest BCUT2D eigenvalue weighted by Crippen LogP contribution is -2.60. The second-order valence-corrected chi connectivity index (χ2v) is 14.1. The van der Waals surface area contributed by atoms with E-state index in [1.165, 1.54) is 64.2 Å². The quantitative estimate of drug-likeness (QED) is 0.0309. The summed E-state index contributed by atoms with van der Waals surface area (Å²) in [4.78, 5) is 12.9. The zero-order chi connectivity index (χ0) is 37.4. The summed E-state index contributed by atoms with van der Waals surface area (Å²) in [6.07, 6.45) is 32.9. The summed E-state index contributed by atoms with van der Waals surface area (Å²) in [5.41, 5.74) is 0. The summed E-state index contributed by atoms with van der Waals surface area (Å²) >= 11 is 0. The molecule has 296 valence electrons. The lowest BCUT2D eigenvalue weighted by atomic mass is 9.99. The van der Waals surface area contributed by atoms with E-state index in [1.807, 2.05) is 6.08 Å². The molecule has 9 heteroatoms. The topological polar surface area (TPSA) is 149 Å². The Morgan fingerprint density at radius 2 is 1.12 bits per heavy atom. The molecule has 1 fully saturated rings. The van der Waals surface area contributed by atoms with Gasteiger partial charge in [0.05, 0.1) is 25.4 Å². The van der Waals surface area contributed by atoms with Crippen LogP contribution in [0.5, 0.6) is 0 Å². The van der Waals surface area contributed by atoms with Crippen molar-refractivity contribution in [3.63, 3.8) is 0 Å². The van der Waals surface area contributed by atoms with E-state index in [2.05, 4.69) is 55.6 Å². The van der Waals surface area contributed by atoms with Crippen molar-refractivity contribution in [1.82, 2.24) is 5.32 Å². The van der Waals surface area contributed by atoms with Gasteiger partial charge in [-0.2, -0.15) is 0 Å². The molecule has 0 aromatic carbocycles. The molecular formula is C42H75NO8. The molecule has 0 bridgehead atoms. The van der Waals surface area contributed by atoms with Crippen molar-refractivity contribution >= 4 is 5.91 Å². The third-order valence-electron chi connectivity index (χ3n) is 9.35. The van der Waals surface area contributed by atoms with E-state index >= 15 is 0 Å². The third kappa shape index (κ3) is 24.2. The van der Waals surface area contributed by atoms with Gasteiger partial charge in [-0.05, 0) is 70.6 Å². The van der Waals surface area contributed by atoms with Gasteiger partial charge in [0.25, 0.3) is 0 Å². The van der Waals surface area contributed by atoms with Crippen LogP contribution in [-0.2, 0) is 14.3 Å². The lowest BCUT2D eigenvalue weighted by Gasteiger charge is -2.40. The van der Waals surface area contributed by atoms with Crippen LogP contribution in [0.2, 0.25) is 0 Å². The molecule has 7 unspecified atom stereocenters.